The Morgan fingerprint density at radius 1 is 1.24 bits per heavy atom. The normalized spacial score (nSPS) is 9.76. The number of nitrogens with zero attached hydrogens (tertiary/aromatic N) is 1. The fourth-order valence-electron chi connectivity index (χ4n) is 1.85. The van der Waals surface area contributed by atoms with E-state index < -0.39 is 0 Å². The number of amides is 1. The number of anilines is 1. The second-order valence-corrected chi connectivity index (χ2v) is 5.49. The van der Waals surface area contributed by atoms with Crippen LogP contribution in [0.5, 0.6) is 5.75 Å². The highest BCUT2D eigenvalue weighted by Gasteiger charge is 2.15. The summed E-state index contributed by atoms with van der Waals surface area (Å²) in [5.74, 6) is 2.99. The first-order chi connectivity index (χ1) is 10.1. The average Bonchev–Trinajstić information content (AvgIpc) is 2.52. The van der Waals surface area contributed by atoms with Crippen LogP contribution in [0.1, 0.15) is 10.4 Å². The van der Waals surface area contributed by atoms with Gasteiger partial charge in [-0.3, -0.25) is 4.79 Å². The molecule has 106 valence electrons. The van der Waals surface area contributed by atoms with Crippen molar-refractivity contribution in [3.63, 3.8) is 0 Å². The lowest BCUT2D eigenvalue weighted by Gasteiger charge is -2.19. The van der Waals surface area contributed by atoms with Crippen molar-refractivity contribution in [2.75, 3.05) is 18.6 Å². The summed E-state index contributed by atoms with van der Waals surface area (Å²) in [4.78, 5) is 14.1. The van der Waals surface area contributed by atoms with E-state index in [0.717, 1.165) is 9.26 Å². The molecular weight excluding hydrogens is 377 g/mol. The molecule has 2 aromatic rings. The van der Waals surface area contributed by atoms with Gasteiger partial charge in [0.05, 0.1) is 5.69 Å². The van der Waals surface area contributed by atoms with Crippen molar-refractivity contribution in [3.8, 4) is 18.1 Å². The fraction of sp³-hybridized carbons (Fsp3) is 0.118. The van der Waals surface area contributed by atoms with Gasteiger partial charge >= 0.3 is 0 Å². The first-order valence-electron chi connectivity index (χ1n) is 6.32. The first-order valence-corrected chi connectivity index (χ1v) is 7.40. The molecular formula is C17H14INO2. The number of rotatable bonds is 4. The lowest BCUT2D eigenvalue weighted by atomic mass is 10.2. The van der Waals surface area contributed by atoms with Gasteiger partial charge in [-0.2, -0.15) is 0 Å². The highest BCUT2D eigenvalue weighted by atomic mass is 127. The lowest BCUT2D eigenvalue weighted by Crippen LogP contribution is -2.26. The van der Waals surface area contributed by atoms with Gasteiger partial charge in [-0.15, -0.1) is 6.42 Å². The van der Waals surface area contributed by atoms with Gasteiger partial charge in [-0.05, 0) is 59.0 Å². The van der Waals surface area contributed by atoms with E-state index in [4.69, 9.17) is 11.2 Å². The van der Waals surface area contributed by atoms with Crippen molar-refractivity contribution < 1.29 is 9.53 Å². The molecule has 0 aliphatic rings. The van der Waals surface area contributed by atoms with Gasteiger partial charge < -0.3 is 9.64 Å². The largest absolute Gasteiger partial charge is 0.481 e. The van der Waals surface area contributed by atoms with E-state index in [0.29, 0.717) is 11.3 Å². The predicted octanol–water partition coefficient (Wildman–Crippen LogP) is 3.58. The maximum atomic E-state index is 12.5. The summed E-state index contributed by atoms with van der Waals surface area (Å²) in [6.07, 6.45) is 5.14. The summed E-state index contributed by atoms with van der Waals surface area (Å²) in [6.45, 7) is 0.218. The molecule has 0 bridgehead atoms. The van der Waals surface area contributed by atoms with E-state index in [1.807, 2.05) is 24.3 Å². The Bertz CT molecular complexity index is 674. The maximum Gasteiger partial charge on any atom is 0.258 e. The Labute approximate surface area is 138 Å². The van der Waals surface area contributed by atoms with Crippen LogP contribution >= 0.6 is 22.6 Å². The summed E-state index contributed by atoms with van der Waals surface area (Å²) in [7, 11) is 1.77. The molecule has 0 fully saturated rings. The molecule has 0 N–H and O–H groups in total. The van der Waals surface area contributed by atoms with Gasteiger partial charge in [0, 0.05) is 16.2 Å². The molecule has 0 aromatic heterocycles. The molecule has 21 heavy (non-hydrogen) atoms. The van der Waals surface area contributed by atoms with Gasteiger partial charge in [0.1, 0.15) is 12.4 Å². The molecule has 2 aromatic carbocycles. The fourth-order valence-corrected chi connectivity index (χ4v) is 2.59. The van der Waals surface area contributed by atoms with Gasteiger partial charge in [-0.1, -0.05) is 18.1 Å². The second kappa shape index (κ2) is 7.14. The number of terminal acetylenes is 1. The molecule has 0 saturated heterocycles. The number of halogens is 1. The summed E-state index contributed by atoms with van der Waals surface area (Å²) in [5, 5.41) is 0. The van der Waals surface area contributed by atoms with Crippen LogP contribution in [0.2, 0.25) is 0 Å². The zero-order valence-electron chi connectivity index (χ0n) is 11.5. The van der Waals surface area contributed by atoms with Crippen molar-refractivity contribution in [3.05, 3.63) is 57.7 Å². The highest BCUT2D eigenvalue weighted by Crippen LogP contribution is 2.23. The second-order valence-electron chi connectivity index (χ2n) is 4.33. The molecule has 0 spiro atoms. The summed E-state index contributed by atoms with van der Waals surface area (Å²) < 4.78 is 6.32. The topological polar surface area (TPSA) is 29.5 Å². The van der Waals surface area contributed by atoms with Crippen LogP contribution in [-0.4, -0.2) is 19.6 Å². The number of hydrogen-bond donors (Lipinski definition) is 0. The summed E-state index contributed by atoms with van der Waals surface area (Å²) in [6, 6.07) is 14.7. The number of ether oxygens (including phenoxy) is 1. The number of hydrogen-bond acceptors (Lipinski definition) is 2. The zero-order valence-corrected chi connectivity index (χ0v) is 13.7. The van der Waals surface area contributed by atoms with E-state index in [9.17, 15) is 4.79 Å². The van der Waals surface area contributed by atoms with Gasteiger partial charge in [0.2, 0.25) is 0 Å². The van der Waals surface area contributed by atoms with Crippen molar-refractivity contribution >= 4 is 34.2 Å². The number of para-hydroxylation sites is 1. The number of carbonyl (C=O) groups is 1. The Balaban J connectivity index is 2.16. The van der Waals surface area contributed by atoms with Crippen molar-refractivity contribution in [1.29, 1.82) is 0 Å². The van der Waals surface area contributed by atoms with Crippen LogP contribution in [0.15, 0.2) is 48.5 Å². The van der Waals surface area contributed by atoms with Crippen LogP contribution in [-0.2, 0) is 0 Å². The maximum absolute atomic E-state index is 12.5. The Morgan fingerprint density at radius 2 is 1.90 bits per heavy atom. The minimum absolute atomic E-state index is 0.0670. The van der Waals surface area contributed by atoms with Gasteiger partial charge in [0.15, 0.2) is 0 Å². The third-order valence-corrected chi connectivity index (χ3v) is 3.85. The van der Waals surface area contributed by atoms with E-state index in [2.05, 4.69) is 28.5 Å². The smallest absolute Gasteiger partial charge is 0.258 e. The van der Waals surface area contributed by atoms with Crippen LogP contribution in [0.4, 0.5) is 5.69 Å². The van der Waals surface area contributed by atoms with E-state index in [1.165, 1.54) is 0 Å². The van der Waals surface area contributed by atoms with E-state index >= 15 is 0 Å². The quantitative estimate of drug-likeness (QED) is 0.589. The molecule has 0 atom stereocenters. The average molecular weight is 391 g/mol. The number of carbonyl (C=O) groups excluding carboxylic acids is 1. The SMILES string of the molecule is C#CCOc1ccc(C(=O)N(C)c2ccccc2I)cc1. The monoisotopic (exact) mass is 391 g/mol. The van der Waals surface area contributed by atoms with E-state index in [-0.39, 0.29) is 12.5 Å². The Hall–Kier alpha value is -2.00. The standard InChI is InChI=1S/C17H14INO2/c1-3-12-21-14-10-8-13(9-11-14)17(20)19(2)16-7-5-4-6-15(16)18/h1,4-11H,12H2,2H3. The molecule has 0 aliphatic heterocycles. The molecule has 1 amide bonds. The minimum atomic E-state index is -0.0670. The highest BCUT2D eigenvalue weighted by molar-refractivity contribution is 14.1. The molecule has 2 rings (SSSR count). The molecule has 3 nitrogen and oxygen atoms in total. The van der Waals surface area contributed by atoms with Crippen LogP contribution in [0.25, 0.3) is 0 Å². The van der Waals surface area contributed by atoms with Gasteiger partial charge in [0.25, 0.3) is 5.91 Å². The van der Waals surface area contributed by atoms with Crippen molar-refractivity contribution in [2.45, 2.75) is 0 Å². The van der Waals surface area contributed by atoms with Crippen molar-refractivity contribution in [1.82, 2.24) is 0 Å². The molecule has 0 radical (unpaired) electrons. The third-order valence-electron chi connectivity index (χ3n) is 2.94. The summed E-state index contributed by atoms with van der Waals surface area (Å²) in [5.41, 5.74) is 1.49. The molecule has 4 heteroatoms. The molecule has 0 heterocycles. The van der Waals surface area contributed by atoms with Crippen molar-refractivity contribution in [2.24, 2.45) is 0 Å². The number of benzene rings is 2. The van der Waals surface area contributed by atoms with Crippen LogP contribution in [0, 0.1) is 15.9 Å². The zero-order chi connectivity index (χ0) is 15.2. The Kier molecular flexibility index (Phi) is 5.23. The third kappa shape index (κ3) is 3.76. The summed E-state index contributed by atoms with van der Waals surface area (Å²) >= 11 is 2.22. The molecule has 0 aliphatic carbocycles. The molecule has 0 unspecified atom stereocenters. The predicted molar refractivity (Wildman–Crippen MR) is 92.7 cm³/mol. The molecule has 0 saturated carbocycles. The Morgan fingerprint density at radius 3 is 2.52 bits per heavy atom. The van der Waals surface area contributed by atoms with Crippen LogP contribution < -0.4 is 9.64 Å². The minimum Gasteiger partial charge on any atom is -0.481 e. The van der Waals surface area contributed by atoms with E-state index in [1.54, 1.807) is 36.2 Å². The lowest BCUT2D eigenvalue weighted by molar-refractivity contribution is 0.0993. The van der Waals surface area contributed by atoms with Crippen LogP contribution in [0.3, 0.4) is 0 Å². The first kappa shape index (κ1) is 15.4. The van der Waals surface area contributed by atoms with Gasteiger partial charge in [-0.25, -0.2) is 0 Å².